The van der Waals surface area contributed by atoms with Gasteiger partial charge in [0.25, 0.3) is 5.91 Å². The van der Waals surface area contributed by atoms with Crippen molar-refractivity contribution in [2.45, 2.75) is 63.3 Å². The normalized spacial score (nSPS) is 20.0. The number of halogens is 1. The summed E-state index contributed by atoms with van der Waals surface area (Å²) in [7, 11) is 3.21. The molecule has 1 saturated carbocycles. The van der Waals surface area contributed by atoms with Crippen LogP contribution < -0.4 is 0 Å². The number of esters is 1. The largest absolute Gasteiger partial charge is 0.465 e. The van der Waals surface area contributed by atoms with Gasteiger partial charge in [-0.05, 0) is 61.9 Å². The second-order valence-corrected chi connectivity index (χ2v) is 11.4. The Hall–Kier alpha value is -4.27. The van der Waals surface area contributed by atoms with E-state index in [1.165, 1.54) is 7.11 Å². The van der Waals surface area contributed by atoms with Crippen molar-refractivity contribution in [3.63, 3.8) is 0 Å². The molecule has 42 heavy (non-hydrogen) atoms. The summed E-state index contributed by atoms with van der Waals surface area (Å²) in [5, 5.41) is 8.35. The summed E-state index contributed by atoms with van der Waals surface area (Å²) in [6, 6.07) is 14.5. The highest BCUT2D eigenvalue weighted by atomic mass is 19.1. The zero-order valence-electron chi connectivity index (χ0n) is 24.3. The molecule has 0 radical (unpaired) electrons. The van der Waals surface area contributed by atoms with E-state index in [-0.39, 0.29) is 29.3 Å². The fourth-order valence-corrected chi connectivity index (χ4v) is 6.49. The molecule has 6 rings (SSSR count). The zero-order chi connectivity index (χ0) is 29.4. The van der Waals surface area contributed by atoms with Crippen molar-refractivity contribution in [1.82, 2.24) is 24.5 Å². The molecule has 0 spiro atoms. The van der Waals surface area contributed by atoms with Crippen molar-refractivity contribution in [2.24, 2.45) is 7.05 Å². The van der Waals surface area contributed by atoms with Crippen LogP contribution in [0.25, 0.3) is 16.8 Å². The van der Waals surface area contributed by atoms with Crippen LogP contribution in [0.4, 0.5) is 4.39 Å². The summed E-state index contributed by atoms with van der Waals surface area (Å²) in [5.41, 5.74) is 4.16. The average Bonchev–Trinajstić information content (AvgIpc) is 3.46. The summed E-state index contributed by atoms with van der Waals surface area (Å²) in [4.78, 5) is 28.2. The number of hydrogen-bond acceptors (Lipinski definition) is 5. The van der Waals surface area contributed by atoms with Gasteiger partial charge in [-0.3, -0.25) is 9.48 Å². The lowest BCUT2D eigenvalue weighted by Crippen LogP contribution is -2.44. The molecule has 2 fully saturated rings. The molecular weight excluding hydrogens is 533 g/mol. The lowest BCUT2D eigenvalue weighted by atomic mass is 9.96. The topological polar surface area (TPSA) is 82.3 Å². The van der Waals surface area contributed by atoms with Crippen molar-refractivity contribution in [3.05, 3.63) is 89.3 Å². The molecule has 0 bridgehead atoms. The van der Waals surface area contributed by atoms with Gasteiger partial charge in [0, 0.05) is 60.8 Å². The van der Waals surface area contributed by atoms with E-state index >= 15 is 4.39 Å². The van der Waals surface area contributed by atoms with Crippen LogP contribution >= 0.6 is 0 Å². The van der Waals surface area contributed by atoms with Crippen LogP contribution in [-0.4, -0.2) is 56.0 Å². The zero-order valence-corrected chi connectivity index (χ0v) is 24.3. The minimum absolute atomic E-state index is 0.0627. The van der Waals surface area contributed by atoms with Crippen LogP contribution in [0.1, 0.15) is 89.4 Å². The lowest BCUT2D eigenvalue weighted by Gasteiger charge is -2.36. The second-order valence-electron chi connectivity index (χ2n) is 11.4. The maximum absolute atomic E-state index is 16.1. The molecule has 1 saturated heterocycles. The summed E-state index contributed by atoms with van der Waals surface area (Å²) in [6.45, 7) is 2.78. The number of aryl methyl sites for hydroxylation is 1. The van der Waals surface area contributed by atoms with Crippen LogP contribution in [-0.2, 0) is 11.8 Å². The van der Waals surface area contributed by atoms with Crippen LogP contribution in [0.3, 0.4) is 0 Å². The Morgan fingerprint density at radius 2 is 1.90 bits per heavy atom. The highest BCUT2D eigenvalue weighted by Crippen LogP contribution is 2.55. The van der Waals surface area contributed by atoms with Crippen LogP contribution in [0.2, 0.25) is 0 Å². The molecule has 2 aliphatic rings. The maximum Gasteiger partial charge on any atom is 0.339 e. The molecule has 3 atom stereocenters. The summed E-state index contributed by atoms with van der Waals surface area (Å²) >= 11 is 0. The molecule has 0 N–H and O–H groups in total. The molecule has 1 aliphatic carbocycles. The molecule has 1 amide bonds. The van der Waals surface area contributed by atoms with Gasteiger partial charge in [-0.25, -0.2) is 9.18 Å². The first-order valence-electron chi connectivity index (χ1n) is 14.8. The number of carbonyl (C=O) groups excluding carboxylic acids is 2. The first-order valence-corrected chi connectivity index (χ1v) is 14.8. The number of benzene rings is 2. The third-order valence-electron chi connectivity index (χ3n) is 8.65. The summed E-state index contributed by atoms with van der Waals surface area (Å²) < 4.78 is 24.8. The Morgan fingerprint density at radius 3 is 2.67 bits per heavy atom. The Morgan fingerprint density at radius 1 is 1.07 bits per heavy atom. The Bertz CT molecular complexity index is 1620. The van der Waals surface area contributed by atoms with Crippen molar-refractivity contribution in [2.75, 3.05) is 13.7 Å². The highest BCUT2D eigenvalue weighted by Gasteiger charge is 2.45. The maximum atomic E-state index is 16.1. The van der Waals surface area contributed by atoms with Crippen molar-refractivity contribution < 1.29 is 18.7 Å². The third kappa shape index (κ3) is 5.12. The minimum atomic E-state index is -0.506. The Labute approximate surface area is 245 Å². The number of carbonyl (C=O) groups is 2. The average molecular weight is 570 g/mol. The minimum Gasteiger partial charge on any atom is -0.465 e. The molecule has 4 aromatic rings. The Balaban J connectivity index is 1.35. The van der Waals surface area contributed by atoms with Crippen LogP contribution in [0.15, 0.2) is 60.9 Å². The van der Waals surface area contributed by atoms with E-state index in [0.29, 0.717) is 23.2 Å². The number of amides is 1. The smallest absolute Gasteiger partial charge is 0.339 e. The SMILES string of the molecule is CCCC1CCCCN1C(=O)c1cccc(-c2cccc(-n3ccc(C(=O)OC)c3[C@@H]3C[C@H]3c3cn(C)nn3)c2)c1F. The van der Waals surface area contributed by atoms with Gasteiger partial charge in [-0.1, -0.05) is 42.8 Å². The van der Waals surface area contributed by atoms with Gasteiger partial charge in [0.05, 0.1) is 23.9 Å². The molecule has 2 aromatic carbocycles. The Kier molecular flexibility index (Phi) is 7.66. The molecule has 1 unspecified atom stereocenters. The number of hydrogen-bond donors (Lipinski definition) is 0. The molecule has 3 heterocycles. The van der Waals surface area contributed by atoms with Crippen molar-refractivity contribution >= 4 is 11.9 Å². The molecule has 1 aliphatic heterocycles. The van der Waals surface area contributed by atoms with E-state index in [4.69, 9.17) is 4.74 Å². The number of rotatable bonds is 8. The van der Waals surface area contributed by atoms with Gasteiger partial charge in [0.2, 0.25) is 0 Å². The number of ether oxygens (including phenoxy) is 1. The number of piperidine rings is 1. The van der Waals surface area contributed by atoms with Gasteiger partial charge >= 0.3 is 5.97 Å². The first kappa shape index (κ1) is 27.9. The van der Waals surface area contributed by atoms with Crippen molar-refractivity contribution in [3.8, 4) is 16.8 Å². The van der Waals surface area contributed by atoms with Gasteiger partial charge in [-0.15, -0.1) is 5.10 Å². The van der Waals surface area contributed by atoms with E-state index in [2.05, 4.69) is 17.2 Å². The quantitative estimate of drug-likeness (QED) is 0.234. The lowest BCUT2D eigenvalue weighted by molar-refractivity contribution is 0.0589. The predicted molar refractivity (Wildman–Crippen MR) is 157 cm³/mol. The molecule has 9 heteroatoms. The molecule has 218 valence electrons. The van der Waals surface area contributed by atoms with Crippen LogP contribution in [0.5, 0.6) is 0 Å². The fraction of sp³-hybridized carbons (Fsp3) is 0.394. The number of methoxy groups -OCH3 is 1. The van der Waals surface area contributed by atoms with E-state index in [1.54, 1.807) is 28.9 Å². The highest BCUT2D eigenvalue weighted by molar-refractivity contribution is 5.96. The first-order chi connectivity index (χ1) is 20.4. The van der Waals surface area contributed by atoms with E-state index in [0.717, 1.165) is 55.6 Å². The van der Waals surface area contributed by atoms with E-state index in [9.17, 15) is 9.59 Å². The monoisotopic (exact) mass is 569 g/mol. The number of nitrogens with zero attached hydrogens (tertiary/aromatic N) is 5. The molecule has 8 nitrogen and oxygen atoms in total. The van der Waals surface area contributed by atoms with Crippen molar-refractivity contribution in [1.29, 1.82) is 0 Å². The van der Waals surface area contributed by atoms with Gasteiger partial charge in [-0.2, -0.15) is 0 Å². The second kappa shape index (κ2) is 11.5. The van der Waals surface area contributed by atoms with E-state index in [1.807, 2.05) is 53.2 Å². The van der Waals surface area contributed by atoms with E-state index < -0.39 is 11.8 Å². The van der Waals surface area contributed by atoms with Gasteiger partial charge in [0.1, 0.15) is 5.82 Å². The fourth-order valence-electron chi connectivity index (χ4n) is 6.49. The number of likely N-dealkylation sites (tertiary alicyclic amines) is 1. The number of aromatic nitrogens is 4. The standard InChI is InChI=1S/C33H36FN5O3/c1-4-9-22-11-5-6-16-39(22)32(40)25-14-8-13-24(30(25)34)21-10-7-12-23(18-21)38-17-15-26(33(41)42-3)31(38)28-19-27(28)29-20-37(2)36-35-29/h7-8,10,12-15,17-18,20,22,27-28H,4-6,9,11,16,19H2,1-3H3/t22?,27-,28-/m1/s1. The third-order valence-corrected chi connectivity index (χ3v) is 8.65. The molecule has 2 aromatic heterocycles. The van der Waals surface area contributed by atoms with Crippen LogP contribution in [0, 0.1) is 5.82 Å². The van der Waals surface area contributed by atoms with Gasteiger partial charge < -0.3 is 14.2 Å². The summed E-state index contributed by atoms with van der Waals surface area (Å²) in [5.74, 6) is -0.935. The molecular formula is C33H36FN5O3. The summed E-state index contributed by atoms with van der Waals surface area (Å²) in [6.07, 6.45) is 9.53. The predicted octanol–water partition coefficient (Wildman–Crippen LogP) is 6.26. The van der Waals surface area contributed by atoms with Gasteiger partial charge in [0.15, 0.2) is 0 Å².